The summed E-state index contributed by atoms with van der Waals surface area (Å²) in [6, 6.07) is 7.71. The monoisotopic (exact) mass is 376 g/mol. The van der Waals surface area contributed by atoms with Gasteiger partial charge in [-0.05, 0) is 36.3 Å². The first kappa shape index (κ1) is 19.3. The Kier molecular flexibility index (Phi) is 6.19. The van der Waals surface area contributed by atoms with E-state index in [9.17, 15) is 14.9 Å². The highest BCUT2D eigenvalue weighted by atomic mass is 35.5. The molecule has 7 nitrogen and oxygen atoms in total. The van der Waals surface area contributed by atoms with Crippen LogP contribution in [0, 0.1) is 17.0 Å². The lowest BCUT2D eigenvalue weighted by atomic mass is 10.1. The Bertz CT molecular complexity index is 880. The number of carbonyl (C=O) groups is 1. The van der Waals surface area contributed by atoms with Gasteiger partial charge in [-0.2, -0.15) is 0 Å². The second-order valence-electron chi connectivity index (χ2n) is 5.31. The Balaban J connectivity index is 2.18. The fourth-order valence-electron chi connectivity index (χ4n) is 2.23. The molecule has 1 N–H and O–H groups in total. The van der Waals surface area contributed by atoms with Gasteiger partial charge in [0.15, 0.2) is 11.5 Å². The SMILES string of the molecule is COc1cc(C)c(NC(=O)/C=C/c2ccc(Cl)c([N+](=O)[O-])c2)cc1OC. The van der Waals surface area contributed by atoms with Gasteiger partial charge in [0, 0.05) is 23.9 Å². The minimum Gasteiger partial charge on any atom is -0.493 e. The quantitative estimate of drug-likeness (QED) is 0.463. The van der Waals surface area contributed by atoms with E-state index in [1.54, 1.807) is 18.2 Å². The van der Waals surface area contributed by atoms with Gasteiger partial charge in [-0.15, -0.1) is 0 Å². The predicted octanol–water partition coefficient (Wildman–Crippen LogP) is 4.23. The third kappa shape index (κ3) is 4.52. The van der Waals surface area contributed by atoms with Gasteiger partial charge >= 0.3 is 0 Å². The summed E-state index contributed by atoms with van der Waals surface area (Å²) in [6.45, 7) is 1.82. The summed E-state index contributed by atoms with van der Waals surface area (Å²) >= 11 is 5.76. The van der Waals surface area contributed by atoms with Crippen molar-refractivity contribution in [2.24, 2.45) is 0 Å². The maximum absolute atomic E-state index is 12.1. The average molecular weight is 377 g/mol. The Morgan fingerprint density at radius 3 is 2.46 bits per heavy atom. The molecule has 0 aliphatic carbocycles. The van der Waals surface area contributed by atoms with E-state index in [0.29, 0.717) is 22.7 Å². The maximum Gasteiger partial charge on any atom is 0.288 e. The molecule has 8 heteroatoms. The van der Waals surface area contributed by atoms with Crippen molar-refractivity contribution in [3.63, 3.8) is 0 Å². The van der Waals surface area contributed by atoms with Gasteiger partial charge < -0.3 is 14.8 Å². The summed E-state index contributed by atoms with van der Waals surface area (Å²) in [5, 5.41) is 13.7. The highest BCUT2D eigenvalue weighted by Crippen LogP contribution is 2.33. The minimum atomic E-state index is -0.577. The highest BCUT2D eigenvalue weighted by Gasteiger charge is 2.12. The topological polar surface area (TPSA) is 90.7 Å². The van der Waals surface area contributed by atoms with Crippen LogP contribution in [0.5, 0.6) is 11.5 Å². The normalized spacial score (nSPS) is 10.6. The molecule has 0 aliphatic heterocycles. The van der Waals surface area contributed by atoms with Crippen molar-refractivity contribution in [2.45, 2.75) is 6.92 Å². The molecule has 0 spiro atoms. The van der Waals surface area contributed by atoms with Crippen molar-refractivity contribution in [2.75, 3.05) is 19.5 Å². The van der Waals surface area contributed by atoms with Crippen molar-refractivity contribution in [3.05, 3.63) is 62.7 Å². The molecular formula is C18H17ClN2O5. The lowest BCUT2D eigenvalue weighted by Crippen LogP contribution is -2.09. The van der Waals surface area contributed by atoms with Crippen LogP contribution in [-0.2, 0) is 4.79 Å². The number of carbonyl (C=O) groups excluding carboxylic acids is 1. The van der Waals surface area contributed by atoms with Crippen molar-refractivity contribution < 1.29 is 19.2 Å². The molecule has 0 heterocycles. The van der Waals surface area contributed by atoms with E-state index in [1.165, 1.54) is 38.5 Å². The van der Waals surface area contributed by atoms with Crippen LogP contribution in [0.3, 0.4) is 0 Å². The van der Waals surface area contributed by atoms with Crippen molar-refractivity contribution in [3.8, 4) is 11.5 Å². The zero-order valence-electron chi connectivity index (χ0n) is 14.4. The van der Waals surface area contributed by atoms with Crippen LogP contribution >= 0.6 is 11.6 Å². The van der Waals surface area contributed by atoms with Crippen molar-refractivity contribution in [1.82, 2.24) is 0 Å². The molecule has 0 aliphatic rings. The Labute approximate surface area is 155 Å². The minimum absolute atomic E-state index is 0.0394. The number of hydrogen-bond donors (Lipinski definition) is 1. The Morgan fingerprint density at radius 2 is 1.85 bits per heavy atom. The first-order valence-electron chi connectivity index (χ1n) is 7.51. The molecule has 0 aromatic heterocycles. The highest BCUT2D eigenvalue weighted by molar-refractivity contribution is 6.32. The number of ether oxygens (including phenoxy) is 2. The first-order valence-corrected chi connectivity index (χ1v) is 7.89. The van der Waals surface area contributed by atoms with E-state index in [0.717, 1.165) is 5.56 Å². The molecule has 0 radical (unpaired) electrons. The van der Waals surface area contributed by atoms with Gasteiger partial charge in [0.1, 0.15) is 5.02 Å². The molecule has 2 aromatic carbocycles. The number of nitrogens with zero attached hydrogens (tertiary/aromatic N) is 1. The third-order valence-corrected chi connectivity index (χ3v) is 3.90. The third-order valence-electron chi connectivity index (χ3n) is 3.58. The van der Waals surface area contributed by atoms with E-state index in [2.05, 4.69) is 5.32 Å². The van der Waals surface area contributed by atoms with E-state index >= 15 is 0 Å². The van der Waals surface area contributed by atoms with Gasteiger partial charge in [-0.3, -0.25) is 14.9 Å². The fourth-order valence-corrected chi connectivity index (χ4v) is 2.42. The number of methoxy groups -OCH3 is 2. The van der Waals surface area contributed by atoms with Gasteiger partial charge in [-0.1, -0.05) is 17.7 Å². The smallest absolute Gasteiger partial charge is 0.288 e. The first-order chi connectivity index (χ1) is 12.3. The van der Waals surface area contributed by atoms with E-state index in [1.807, 2.05) is 6.92 Å². The standard InChI is InChI=1S/C18H17ClN2O5/c1-11-8-16(25-2)17(26-3)10-14(11)20-18(22)7-5-12-4-6-13(19)15(9-12)21(23)24/h4-10H,1-3H3,(H,20,22)/b7-5+. The molecule has 0 atom stereocenters. The fraction of sp³-hybridized carbons (Fsp3) is 0.167. The summed E-state index contributed by atoms with van der Waals surface area (Å²) in [5.41, 5.74) is 1.64. The van der Waals surface area contributed by atoms with E-state index in [-0.39, 0.29) is 10.7 Å². The van der Waals surface area contributed by atoms with Gasteiger partial charge in [-0.25, -0.2) is 0 Å². The zero-order valence-corrected chi connectivity index (χ0v) is 15.2. The van der Waals surface area contributed by atoms with Gasteiger partial charge in [0.2, 0.25) is 5.91 Å². The van der Waals surface area contributed by atoms with Crippen LogP contribution in [0.15, 0.2) is 36.4 Å². The summed E-state index contributed by atoms with van der Waals surface area (Å²) in [7, 11) is 3.04. The molecule has 2 rings (SSSR count). The molecule has 0 saturated carbocycles. The van der Waals surface area contributed by atoms with Crippen LogP contribution < -0.4 is 14.8 Å². The molecule has 0 unspecified atom stereocenters. The molecule has 0 bridgehead atoms. The second-order valence-corrected chi connectivity index (χ2v) is 5.72. The van der Waals surface area contributed by atoms with E-state index < -0.39 is 10.8 Å². The van der Waals surface area contributed by atoms with Crippen molar-refractivity contribution >= 4 is 35.0 Å². The van der Waals surface area contributed by atoms with Crippen molar-refractivity contribution in [1.29, 1.82) is 0 Å². The number of halogens is 1. The summed E-state index contributed by atoms with van der Waals surface area (Å²) < 4.78 is 10.4. The number of nitrogens with one attached hydrogen (secondary N) is 1. The van der Waals surface area contributed by atoms with Gasteiger partial charge in [0.25, 0.3) is 5.69 Å². The van der Waals surface area contributed by atoms with E-state index in [4.69, 9.17) is 21.1 Å². The summed E-state index contributed by atoms with van der Waals surface area (Å²) in [6.07, 6.45) is 2.75. The lowest BCUT2D eigenvalue weighted by molar-refractivity contribution is -0.384. The summed E-state index contributed by atoms with van der Waals surface area (Å²) in [5.74, 6) is 0.663. The number of benzene rings is 2. The molecule has 136 valence electrons. The van der Waals surface area contributed by atoms with Crippen LogP contribution in [0.1, 0.15) is 11.1 Å². The molecule has 0 saturated heterocycles. The van der Waals surface area contributed by atoms with Crippen LogP contribution in [-0.4, -0.2) is 25.1 Å². The predicted molar refractivity (Wildman–Crippen MR) is 100 cm³/mol. The number of nitro benzene ring substituents is 1. The van der Waals surface area contributed by atoms with Crippen LogP contribution in [0.2, 0.25) is 5.02 Å². The molecule has 26 heavy (non-hydrogen) atoms. The van der Waals surface area contributed by atoms with Crippen LogP contribution in [0.25, 0.3) is 6.08 Å². The Morgan fingerprint density at radius 1 is 1.19 bits per heavy atom. The largest absolute Gasteiger partial charge is 0.493 e. The van der Waals surface area contributed by atoms with Crippen LogP contribution in [0.4, 0.5) is 11.4 Å². The molecular weight excluding hydrogens is 360 g/mol. The molecule has 2 aromatic rings. The summed E-state index contributed by atoms with van der Waals surface area (Å²) in [4.78, 5) is 22.5. The lowest BCUT2D eigenvalue weighted by Gasteiger charge is -2.12. The average Bonchev–Trinajstić information content (AvgIpc) is 2.62. The second kappa shape index (κ2) is 8.35. The maximum atomic E-state index is 12.1. The number of aryl methyl sites for hydroxylation is 1. The number of rotatable bonds is 6. The number of anilines is 1. The Hall–Kier alpha value is -3.06. The number of nitro groups is 1. The number of hydrogen-bond acceptors (Lipinski definition) is 5. The number of amides is 1. The molecule has 0 fully saturated rings. The zero-order chi connectivity index (χ0) is 19.3. The molecule has 1 amide bonds. The van der Waals surface area contributed by atoms with Gasteiger partial charge in [0.05, 0.1) is 19.1 Å².